The molecule has 1 aliphatic carbocycles. The molecule has 0 bridgehead atoms. The first-order valence-electron chi connectivity index (χ1n) is 8.47. The molecule has 4 rings (SSSR count). The highest BCUT2D eigenvalue weighted by atomic mass is 35.5. The van der Waals surface area contributed by atoms with Gasteiger partial charge in [0.1, 0.15) is 5.15 Å². The van der Waals surface area contributed by atoms with E-state index >= 15 is 0 Å². The molecule has 1 aromatic carbocycles. The molecule has 1 fully saturated rings. The van der Waals surface area contributed by atoms with Gasteiger partial charge in [-0.05, 0) is 36.0 Å². The lowest BCUT2D eigenvalue weighted by atomic mass is 9.80. The van der Waals surface area contributed by atoms with Crippen molar-refractivity contribution in [1.29, 1.82) is 0 Å². The van der Waals surface area contributed by atoms with E-state index in [1.54, 1.807) is 4.68 Å². The Kier molecular flexibility index (Phi) is 4.25. The maximum Gasteiger partial charge on any atom is 0.159 e. The van der Waals surface area contributed by atoms with E-state index in [2.05, 4.69) is 45.7 Å². The lowest BCUT2D eigenvalue weighted by molar-refractivity contribution is 0.419. The molecule has 124 valence electrons. The molecule has 5 heteroatoms. The van der Waals surface area contributed by atoms with Crippen molar-refractivity contribution in [1.82, 2.24) is 20.1 Å². The first-order valence-corrected chi connectivity index (χ1v) is 8.85. The highest BCUT2D eigenvalue weighted by molar-refractivity contribution is 6.30. The average Bonchev–Trinajstić information content (AvgIpc) is 2.88. The molecule has 3 aromatic rings. The molecule has 1 saturated carbocycles. The van der Waals surface area contributed by atoms with E-state index in [0.29, 0.717) is 11.7 Å². The second-order valence-electron chi connectivity index (χ2n) is 6.59. The molecule has 1 aliphatic rings. The number of nitrogens with zero attached hydrogens (tertiary/aromatic N) is 3. The normalized spacial score (nSPS) is 14.9. The number of pyridine rings is 1. The van der Waals surface area contributed by atoms with Crippen molar-refractivity contribution in [2.45, 2.75) is 38.3 Å². The highest BCUT2D eigenvalue weighted by Crippen LogP contribution is 2.36. The van der Waals surface area contributed by atoms with E-state index in [1.807, 2.05) is 13.2 Å². The highest BCUT2D eigenvalue weighted by Gasteiger charge is 2.18. The van der Waals surface area contributed by atoms with Crippen molar-refractivity contribution in [2.24, 2.45) is 7.05 Å². The Morgan fingerprint density at radius 2 is 2.00 bits per heavy atom. The summed E-state index contributed by atoms with van der Waals surface area (Å²) in [7, 11) is 1.87. The molecule has 24 heavy (non-hydrogen) atoms. The molecular weight excluding hydrogens is 320 g/mol. The van der Waals surface area contributed by atoms with Crippen LogP contribution in [0.25, 0.3) is 11.0 Å². The quantitative estimate of drug-likeness (QED) is 0.708. The zero-order valence-electron chi connectivity index (χ0n) is 13.8. The number of aromatic nitrogens is 3. The molecule has 0 atom stereocenters. The summed E-state index contributed by atoms with van der Waals surface area (Å²) in [6.07, 6.45) is 5.89. The molecular formula is C19H21ClN4. The van der Waals surface area contributed by atoms with Crippen LogP contribution in [0, 0.1) is 0 Å². The van der Waals surface area contributed by atoms with Crippen LogP contribution in [0.3, 0.4) is 0 Å². The Morgan fingerprint density at radius 1 is 1.21 bits per heavy atom. The smallest absolute Gasteiger partial charge is 0.159 e. The van der Waals surface area contributed by atoms with Gasteiger partial charge in [-0.25, -0.2) is 4.98 Å². The molecule has 0 saturated heterocycles. The molecule has 1 N–H and O–H groups in total. The summed E-state index contributed by atoms with van der Waals surface area (Å²) in [5.74, 6) is 0.795. The molecule has 0 aliphatic heterocycles. The van der Waals surface area contributed by atoms with Gasteiger partial charge in [0, 0.05) is 31.1 Å². The maximum absolute atomic E-state index is 6.30. The van der Waals surface area contributed by atoms with E-state index in [0.717, 1.165) is 29.1 Å². The average molecular weight is 341 g/mol. The largest absolute Gasteiger partial charge is 0.309 e. The Balaban J connectivity index is 1.39. The van der Waals surface area contributed by atoms with Crippen LogP contribution in [-0.2, 0) is 20.1 Å². The van der Waals surface area contributed by atoms with Gasteiger partial charge in [0.2, 0.25) is 0 Å². The van der Waals surface area contributed by atoms with E-state index in [-0.39, 0.29) is 0 Å². The van der Waals surface area contributed by atoms with Crippen LogP contribution in [0.1, 0.15) is 41.9 Å². The monoisotopic (exact) mass is 340 g/mol. The summed E-state index contributed by atoms with van der Waals surface area (Å²) in [4.78, 5) is 4.43. The topological polar surface area (TPSA) is 42.7 Å². The summed E-state index contributed by atoms with van der Waals surface area (Å²) >= 11 is 6.30. The minimum atomic E-state index is 0.541. The van der Waals surface area contributed by atoms with Gasteiger partial charge < -0.3 is 5.32 Å². The molecule has 0 amide bonds. The van der Waals surface area contributed by atoms with Crippen LogP contribution in [0.5, 0.6) is 0 Å². The maximum atomic E-state index is 6.30. The van der Waals surface area contributed by atoms with E-state index < -0.39 is 0 Å². The third kappa shape index (κ3) is 3.04. The Labute approximate surface area is 146 Å². The number of nitrogens with one attached hydrogen (secondary N) is 1. The van der Waals surface area contributed by atoms with Crippen LogP contribution < -0.4 is 5.32 Å². The van der Waals surface area contributed by atoms with Gasteiger partial charge in [0.05, 0.1) is 6.20 Å². The fraction of sp³-hybridized carbons (Fsp3) is 0.368. The van der Waals surface area contributed by atoms with Crippen LogP contribution in [-0.4, -0.2) is 14.8 Å². The zero-order valence-corrected chi connectivity index (χ0v) is 14.6. The number of hydrogen-bond donors (Lipinski definition) is 1. The second-order valence-corrected chi connectivity index (χ2v) is 6.95. The van der Waals surface area contributed by atoms with Gasteiger partial charge in [-0.15, -0.1) is 0 Å². The van der Waals surface area contributed by atoms with Gasteiger partial charge >= 0.3 is 0 Å². The van der Waals surface area contributed by atoms with Crippen LogP contribution in [0.2, 0.25) is 5.15 Å². The van der Waals surface area contributed by atoms with Crippen molar-refractivity contribution in [3.05, 3.63) is 58.4 Å². The molecule has 0 radical (unpaired) electrons. The lowest BCUT2D eigenvalue weighted by Gasteiger charge is -2.25. The number of rotatable bonds is 5. The fourth-order valence-electron chi connectivity index (χ4n) is 3.21. The summed E-state index contributed by atoms with van der Waals surface area (Å²) in [6, 6.07) is 11.1. The Morgan fingerprint density at radius 3 is 2.71 bits per heavy atom. The number of aryl methyl sites for hydroxylation is 1. The van der Waals surface area contributed by atoms with Gasteiger partial charge in [-0.1, -0.05) is 42.3 Å². The van der Waals surface area contributed by atoms with E-state index in [4.69, 9.17) is 11.6 Å². The summed E-state index contributed by atoms with van der Waals surface area (Å²) in [5, 5.41) is 9.23. The third-order valence-electron chi connectivity index (χ3n) is 4.93. The van der Waals surface area contributed by atoms with Gasteiger partial charge in [-0.3, -0.25) is 4.68 Å². The van der Waals surface area contributed by atoms with E-state index in [9.17, 15) is 0 Å². The minimum absolute atomic E-state index is 0.541. The Bertz CT molecular complexity index is 850. The van der Waals surface area contributed by atoms with Gasteiger partial charge in [0.25, 0.3) is 0 Å². The van der Waals surface area contributed by atoms with Crippen molar-refractivity contribution in [2.75, 3.05) is 0 Å². The SMILES string of the molecule is Cn1ncc2cc(CNCc3ccc(C4CCC4)cc3)c(Cl)nc21. The molecule has 0 spiro atoms. The van der Waals surface area contributed by atoms with Crippen molar-refractivity contribution < 1.29 is 0 Å². The summed E-state index contributed by atoms with van der Waals surface area (Å²) in [6.45, 7) is 1.52. The first-order chi connectivity index (χ1) is 11.7. The summed E-state index contributed by atoms with van der Waals surface area (Å²) < 4.78 is 1.74. The predicted molar refractivity (Wildman–Crippen MR) is 97.1 cm³/mol. The van der Waals surface area contributed by atoms with Crippen molar-refractivity contribution >= 4 is 22.6 Å². The zero-order chi connectivity index (χ0) is 16.5. The van der Waals surface area contributed by atoms with Crippen LogP contribution >= 0.6 is 11.6 Å². The van der Waals surface area contributed by atoms with Crippen LogP contribution in [0.4, 0.5) is 0 Å². The lowest BCUT2D eigenvalue weighted by Crippen LogP contribution is -2.14. The first kappa shape index (κ1) is 15.6. The minimum Gasteiger partial charge on any atom is -0.309 e. The number of fused-ring (bicyclic) bond motifs is 1. The molecule has 2 aromatic heterocycles. The third-order valence-corrected chi connectivity index (χ3v) is 5.26. The molecule has 4 nitrogen and oxygen atoms in total. The van der Waals surface area contributed by atoms with Crippen LogP contribution in [0.15, 0.2) is 36.5 Å². The second kappa shape index (κ2) is 6.54. The number of halogens is 1. The standard InChI is InChI=1S/C19H21ClN4/c1-24-19-17(12-22-24)9-16(18(20)23-19)11-21-10-13-5-7-15(8-6-13)14-3-2-4-14/h5-9,12,14,21H,2-4,10-11H2,1H3. The van der Waals surface area contributed by atoms with Crippen molar-refractivity contribution in [3.8, 4) is 0 Å². The molecule has 2 heterocycles. The summed E-state index contributed by atoms with van der Waals surface area (Å²) in [5.41, 5.74) is 4.60. The van der Waals surface area contributed by atoms with Crippen molar-refractivity contribution in [3.63, 3.8) is 0 Å². The predicted octanol–water partition coefficient (Wildman–Crippen LogP) is 4.18. The number of hydrogen-bond acceptors (Lipinski definition) is 3. The number of benzene rings is 1. The van der Waals surface area contributed by atoms with Gasteiger partial charge in [0.15, 0.2) is 5.65 Å². The fourth-order valence-corrected chi connectivity index (χ4v) is 3.41. The molecule has 0 unspecified atom stereocenters. The van der Waals surface area contributed by atoms with Gasteiger partial charge in [-0.2, -0.15) is 5.10 Å². The Hall–Kier alpha value is -1.91. The van der Waals surface area contributed by atoms with E-state index in [1.165, 1.54) is 30.4 Å².